The van der Waals surface area contributed by atoms with Crippen molar-refractivity contribution < 1.29 is 18.4 Å². The molecular weight excluding hydrogens is 452 g/mol. The van der Waals surface area contributed by atoms with Crippen molar-refractivity contribution in [3.05, 3.63) is 46.8 Å². The first kappa shape index (κ1) is 26.8. The molecule has 192 valence electrons. The Morgan fingerprint density at radius 1 is 1.00 bits per heavy atom. The number of aryl methyl sites for hydroxylation is 1. The minimum Gasteiger partial charge on any atom is -0.333 e. The van der Waals surface area contributed by atoms with Gasteiger partial charge in [0.05, 0.1) is 11.4 Å². The second kappa shape index (κ2) is 11.7. The maximum absolute atomic E-state index is 14.4. The topological polar surface area (TPSA) is 61.7 Å². The third-order valence-corrected chi connectivity index (χ3v) is 6.32. The average Bonchev–Trinajstić information content (AvgIpc) is 3.15. The highest BCUT2D eigenvalue weighted by Gasteiger charge is 2.26. The zero-order valence-corrected chi connectivity index (χ0v) is 21.5. The molecule has 0 saturated carbocycles. The van der Waals surface area contributed by atoms with Gasteiger partial charge in [0.1, 0.15) is 5.69 Å². The molecule has 1 aromatic carbocycles. The number of hydrogen-bond acceptors (Lipinski definition) is 4. The third-order valence-electron chi connectivity index (χ3n) is 6.32. The zero-order chi connectivity index (χ0) is 25.7. The van der Waals surface area contributed by atoms with E-state index in [1.54, 1.807) is 23.6 Å². The molecule has 2 amide bonds. The van der Waals surface area contributed by atoms with Crippen molar-refractivity contribution in [2.45, 2.75) is 53.0 Å². The lowest BCUT2D eigenvalue weighted by molar-refractivity contribution is -0.118. The predicted octanol–water partition coefficient (Wildman–Crippen LogP) is 4.01. The minimum absolute atomic E-state index is 0.0628. The van der Waals surface area contributed by atoms with Crippen LogP contribution in [0.15, 0.2) is 18.2 Å². The fourth-order valence-corrected chi connectivity index (χ4v) is 4.53. The lowest BCUT2D eigenvalue weighted by Gasteiger charge is -2.31. The van der Waals surface area contributed by atoms with Crippen molar-refractivity contribution in [2.24, 2.45) is 13.0 Å². The first-order valence-electron chi connectivity index (χ1n) is 12.4. The SMILES string of the molecule is CCC(=O)N1CCCN(C)CCCN(C(=O)c2cc(CC(C)C)nn2C)Cc2cc(F)c(F)cc21. The van der Waals surface area contributed by atoms with Gasteiger partial charge in [0, 0.05) is 39.2 Å². The molecule has 0 bridgehead atoms. The number of fused-ring (bicyclic) bond motifs is 1. The van der Waals surface area contributed by atoms with Crippen LogP contribution in [0.5, 0.6) is 0 Å². The van der Waals surface area contributed by atoms with Gasteiger partial charge < -0.3 is 14.7 Å². The van der Waals surface area contributed by atoms with Crippen molar-refractivity contribution in [1.29, 1.82) is 0 Å². The van der Waals surface area contributed by atoms with Gasteiger partial charge in [-0.15, -0.1) is 0 Å². The number of aromatic nitrogens is 2. The van der Waals surface area contributed by atoms with Crippen LogP contribution in [0.1, 0.15) is 61.8 Å². The van der Waals surface area contributed by atoms with Crippen molar-refractivity contribution in [3.63, 3.8) is 0 Å². The summed E-state index contributed by atoms with van der Waals surface area (Å²) in [5.74, 6) is -1.99. The van der Waals surface area contributed by atoms with Gasteiger partial charge in [-0.25, -0.2) is 8.78 Å². The van der Waals surface area contributed by atoms with Crippen LogP contribution in [0.2, 0.25) is 0 Å². The number of benzene rings is 1. The number of carbonyl (C=O) groups is 2. The molecule has 0 N–H and O–H groups in total. The molecule has 2 aromatic rings. The lowest BCUT2D eigenvalue weighted by Crippen LogP contribution is -2.38. The van der Waals surface area contributed by atoms with Crippen LogP contribution >= 0.6 is 0 Å². The van der Waals surface area contributed by atoms with Gasteiger partial charge in [-0.1, -0.05) is 20.8 Å². The minimum atomic E-state index is -1.01. The summed E-state index contributed by atoms with van der Waals surface area (Å²) < 4.78 is 30.3. The van der Waals surface area contributed by atoms with Crippen molar-refractivity contribution in [2.75, 3.05) is 38.1 Å². The van der Waals surface area contributed by atoms with Crippen LogP contribution in [0.25, 0.3) is 0 Å². The molecule has 0 aliphatic carbocycles. The van der Waals surface area contributed by atoms with E-state index in [4.69, 9.17) is 0 Å². The largest absolute Gasteiger partial charge is 0.333 e. The second-order valence-corrected chi connectivity index (χ2v) is 9.77. The van der Waals surface area contributed by atoms with Gasteiger partial charge in [0.15, 0.2) is 11.6 Å². The van der Waals surface area contributed by atoms with E-state index in [2.05, 4.69) is 23.8 Å². The molecule has 2 heterocycles. The smallest absolute Gasteiger partial charge is 0.272 e. The van der Waals surface area contributed by atoms with Crippen LogP contribution in [-0.4, -0.2) is 64.6 Å². The Bertz CT molecular complexity index is 1050. The highest BCUT2D eigenvalue weighted by molar-refractivity contribution is 5.95. The Balaban J connectivity index is 2.03. The maximum atomic E-state index is 14.4. The van der Waals surface area contributed by atoms with Crippen LogP contribution in [-0.2, 0) is 24.8 Å². The second-order valence-electron chi connectivity index (χ2n) is 9.77. The number of nitrogens with zero attached hydrogens (tertiary/aromatic N) is 5. The van der Waals surface area contributed by atoms with Crippen molar-refractivity contribution in [3.8, 4) is 0 Å². The zero-order valence-electron chi connectivity index (χ0n) is 21.5. The molecule has 0 atom stereocenters. The fourth-order valence-electron chi connectivity index (χ4n) is 4.53. The van der Waals surface area contributed by atoms with Gasteiger partial charge in [0.2, 0.25) is 5.91 Å². The van der Waals surface area contributed by atoms with Gasteiger partial charge in [0.25, 0.3) is 5.91 Å². The summed E-state index contributed by atoms with van der Waals surface area (Å²) >= 11 is 0. The fraction of sp³-hybridized carbons (Fsp3) is 0.577. The van der Waals surface area contributed by atoms with Crippen LogP contribution in [0, 0.1) is 17.6 Å². The van der Waals surface area contributed by atoms with E-state index in [0.717, 1.165) is 43.8 Å². The Hall–Kier alpha value is -2.81. The first-order valence-corrected chi connectivity index (χ1v) is 12.4. The molecule has 3 rings (SSSR count). The Morgan fingerprint density at radius 2 is 1.66 bits per heavy atom. The maximum Gasteiger partial charge on any atom is 0.272 e. The summed E-state index contributed by atoms with van der Waals surface area (Å²) in [4.78, 5) is 31.8. The Kier molecular flexibility index (Phi) is 8.99. The summed E-state index contributed by atoms with van der Waals surface area (Å²) in [6, 6.07) is 4.01. The molecule has 7 nitrogen and oxygen atoms in total. The summed E-state index contributed by atoms with van der Waals surface area (Å²) in [5.41, 5.74) is 2.03. The molecule has 9 heteroatoms. The summed E-state index contributed by atoms with van der Waals surface area (Å²) in [6.45, 7) is 8.36. The molecule has 35 heavy (non-hydrogen) atoms. The van der Waals surface area contributed by atoms with Crippen LogP contribution < -0.4 is 4.90 Å². The molecule has 1 aromatic heterocycles. The normalized spacial score (nSPS) is 16.1. The molecule has 0 unspecified atom stereocenters. The Morgan fingerprint density at radius 3 is 2.31 bits per heavy atom. The molecule has 0 spiro atoms. The molecular formula is C26H37F2N5O2. The van der Waals surface area contributed by atoms with Gasteiger partial charge in [-0.2, -0.15) is 5.10 Å². The van der Waals surface area contributed by atoms with E-state index in [9.17, 15) is 18.4 Å². The van der Waals surface area contributed by atoms with E-state index >= 15 is 0 Å². The number of carbonyl (C=O) groups excluding carboxylic acids is 2. The summed E-state index contributed by atoms with van der Waals surface area (Å²) in [5, 5.41) is 4.50. The first-order chi connectivity index (χ1) is 16.6. The highest BCUT2D eigenvalue weighted by atomic mass is 19.2. The van der Waals surface area contributed by atoms with Gasteiger partial charge in [-0.3, -0.25) is 14.3 Å². The van der Waals surface area contributed by atoms with E-state index in [0.29, 0.717) is 42.4 Å². The predicted molar refractivity (Wildman–Crippen MR) is 132 cm³/mol. The van der Waals surface area contributed by atoms with E-state index in [1.807, 2.05) is 13.1 Å². The van der Waals surface area contributed by atoms with Crippen molar-refractivity contribution in [1.82, 2.24) is 19.6 Å². The van der Waals surface area contributed by atoms with E-state index in [-0.39, 0.29) is 24.8 Å². The summed E-state index contributed by atoms with van der Waals surface area (Å²) in [7, 11) is 3.75. The van der Waals surface area contributed by atoms with Crippen LogP contribution in [0.4, 0.5) is 14.5 Å². The molecule has 1 aliphatic heterocycles. The van der Waals surface area contributed by atoms with E-state index < -0.39 is 11.6 Å². The lowest BCUT2D eigenvalue weighted by atomic mass is 10.1. The van der Waals surface area contributed by atoms with Crippen molar-refractivity contribution >= 4 is 17.5 Å². The quantitative estimate of drug-likeness (QED) is 0.651. The molecule has 0 radical (unpaired) electrons. The van der Waals surface area contributed by atoms with Crippen LogP contribution in [0.3, 0.4) is 0 Å². The average molecular weight is 490 g/mol. The standard InChI is InChI=1S/C26H37F2N5O2/c1-6-25(34)33-12-8-10-30(4)9-7-11-32(17-19-14-21(27)22(28)16-23(19)33)26(35)24-15-20(13-18(2)3)29-31(24)5/h14-16,18H,6-13,17H2,1-5H3. The monoisotopic (exact) mass is 489 g/mol. The van der Waals surface area contributed by atoms with E-state index in [1.165, 1.54) is 4.90 Å². The number of halogens is 2. The third kappa shape index (κ3) is 6.66. The number of rotatable bonds is 4. The van der Waals surface area contributed by atoms with Gasteiger partial charge >= 0.3 is 0 Å². The molecule has 0 saturated heterocycles. The molecule has 1 aliphatic rings. The Labute approximate surface area is 206 Å². The highest BCUT2D eigenvalue weighted by Crippen LogP contribution is 2.28. The summed E-state index contributed by atoms with van der Waals surface area (Å²) in [6.07, 6.45) is 2.43. The number of hydrogen-bond donors (Lipinski definition) is 0. The number of anilines is 1. The molecule has 0 fully saturated rings. The van der Waals surface area contributed by atoms with Gasteiger partial charge in [-0.05, 0) is 63.0 Å². The number of amides is 2.